The van der Waals surface area contributed by atoms with Gasteiger partial charge in [0.15, 0.2) is 0 Å². The summed E-state index contributed by atoms with van der Waals surface area (Å²) >= 11 is 0. The number of hydrogen-bond acceptors (Lipinski definition) is 3. The number of rotatable bonds is 10. The Morgan fingerprint density at radius 2 is 0.980 bits per heavy atom. The van der Waals surface area contributed by atoms with Crippen LogP contribution in [0, 0.1) is 10.8 Å². The minimum atomic E-state index is 0.389. The summed E-state index contributed by atoms with van der Waals surface area (Å²) < 4.78 is 0. The average Bonchev–Trinajstić information content (AvgIpc) is 3.19. The van der Waals surface area contributed by atoms with Crippen molar-refractivity contribution in [2.24, 2.45) is 4.99 Å². The summed E-state index contributed by atoms with van der Waals surface area (Å²) in [7, 11) is 0. The van der Waals surface area contributed by atoms with Crippen molar-refractivity contribution in [1.29, 1.82) is 10.8 Å². The maximum Gasteiger partial charge on any atom is 0.0723 e. The smallest absolute Gasteiger partial charge is 0.0723 e. The van der Waals surface area contributed by atoms with E-state index in [1.165, 1.54) is 0 Å². The number of benzene rings is 7. The van der Waals surface area contributed by atoms with Crippen LogP contribution in [0.2, 0.25) is 0 Å². The molecule has 0 heterocycles. The van der Waals surface area contributed by atoms with Crippen LogP contribution in [-0.4, -0.2) is 17.6 Å². The van der Waals surface area contributed by atoms with Gasteiger partial charge in [-0.3, -0.25) is 4.99 Å². The van der Waals surface area contributed by atoms with Crippen molar-refractivity contribution in [1.82, 2.24) is 0 Å². The van der Waals surface area contributed by atoms with E-state index < -0.39 is 0 Å². The lowest BCUT2D eigenvalue weighted by atomic mass is 9.90. The Morgan fingerprint density at radius 1 is 0.440 bits per heavy atom. The average molecular weight is 642 g/mol. The summed E-state index contributed by atoms with van der Waals surface area (Å²) in [5, 5.41) is 20.2. The van der Waals surface area contributed by atoms with Crippen LogP contribution in [0.3, 0.4) is 0 Å². The van der Waals surface area contributed by atoms with Crippen molar-refractivity contribution in [3.63, 3.8) is 0 Å². The Labute approximate surface area is 293 Å². The molecule has 3 heteroatoms. The number of nitrogens with one attached hydrogen (secondary N) is 2. The zero-order valence-electron chi connectivity index (χ0n) is 27.5. The van der Waals surface area contributed by atoms with E-state index in [0.29, 0.717) is 11.4 Å². The molecule has 238 valence electrons. The van der Waals surface area contributed by atoms with Gasteiger partial charge in [-0.1, -0.05) is 176 Å². The lowest BCUT2D eigenvalue weighted by molar-refractivity contribution is 1.47. The molecular weight excluding hydrogens is 607 g/mol. The molecule has 0 atom stereocenters. The van der Waals surface area contributed by atoms with Crippen molar-refractivity contribution in [3.05, 3.63) is 228 Å². The van der Waals surface area contributed by atoms with E-state index in [9.17, 15) is 0 Å². The van der Waals surface area contributed by atoms with Gasteiger partial charge in [-0.25, -0.2) is 0 Å². The maximum absolute atomic E-state index is 8.98. The van der Waals surface area contributed by atoms with E-state index in [-0.39, 0.29) is 0 Å². The third-order valence-corrected chi connectivity index (χ3v) is 8.66. The SMILES string of the molecule is N=C(/C=C(/c1ccccc1)c1cccc2ccc(-c3ccc(C(=N)/C=C(\N=Cc4ccccc4)c4ccccc4)cc3)cc12)c1ccccc1. The largest absolute Gasteiger partial charge is 0.300 e. The molecule has 0 aliphatic rings. The molecule has 0 amide bonds. The summed E-state index contributed by atoms with van der Waals surface area (Å²) in [4.78, 5) is 4.78. The molecule has 7 aromatic carbocycles. The van der Waals surface area contributed by atoms with E-state index >= 15 is 0 Å². The topological polar surface area (TPSA) is 60.1 Å². The first-order chi connectivity index (χ1) is 24.6. The normalized spacial score (nSPS) is 11.9. The van der Waals surface area contributed by atoms with Gasteiger partial charge in [-0.15, -0.1) is 0 Å². The third kappa shape index (κ3) is 7.38. The summed E-state index contributed by atoms with van der Waals surface area (Å²) in [5.74, 6) is 0. The molecule has 7 rings (SSSR count). The van der Waals surface area contributed by atoms with Gasteiger partial charge in [0, 0.05) is 11.8 Å². The Balaban J connectivity index is 1.22. The molecule has 0 unspecified atom stereocenters. The molecule has 3 nitrogen and oxygen atoms in total. The summed E-state index contributed by atoms with van der Waals surface area (Å²) in [5.41, 5.74) is 10.5. The predicted octanol–water partition coefficient (Wildman–Crippen LogP) is 11.5. The summed E-state index contributed by atoms with van der Waals surface area (Å²) in [6, 6.07) is 61.2. The molecule has 0 aromatic heterocycles. The lowest BCUT2D eigenvalue weighted by Crippen LogP contribution is -1.98. The second-order valence-corrected chi connectivity index (χ2v) is 12.0. The Hall–Kier alpha value is -6.71. The number of nitrogens with zero attached hydrogens (tertiary/aromatic N) is 1. The van der Waals surface area contributed by atoms with Gasteiger partial charge in [0.1, 0.15) is 0 Å². The van der Waals surface area contributed by atoms with Crippen LogP contribution in [0.5, 0.6) is 0 Å². The van der Waals surface area contributed by atoms with Gasteiger partial charge in [-0.05, 0) is 73.5 Å². The van der Waals surface area contributed by atoms with Crippen LogP contribution in [-0.2, 0) is 0 Å². The molecule has 0 saturated heterocycles. The second kappa shape index (κ2) is 15.0. The highest BCUT2D eigenvalue weighted by Gasteiger charge is 2.13. The molecule has 0 fully saturated rings. The van der Waals surface area contributed by atoms with Crippen LogP contribution in [0.1, 0.15) is 33.4 Å². The molecule has 0 saturated carbocycles. The van der Waals surface area contributed by atoms with Crippen molar-refractivity contribution < 1.29 is 0 Å². The first-order valence-electron chi connectivity index (χ1n) is 16.6. The highest BCUT2D eigenvalue weighted by molar-refractivity contribution is 6.14. The fourth-order valence-electron chi connectivity index (χ4n) is 6.02. The highest BCUT2D eigenvalue weighted by Crippen LogP contribution is 2.33. The fraction of sp³-hybridized carbons (Fsp3) is 0. The van der Waals surface area contributed by atoms with Gasteiger partial charge in [0.05, 0.1) is 17.1 Å². The van der Waals surface area contributed by atoms with Crippen molar-refractivity contribution in [2.75, 3.05) is 0 Å². The summed E-state index contributed by atoms with van der Waals surface area (Å²) in [6.45, 7) is 0. The van der Waals surface area contributed by atoms with E-state index in [0.717, 1.165) is 66.6 Å². The highest BCUT2D eigenvalue weighted by atomic mass is 14.7. The Bertz CT molecular complexity index is 2350. The molecule has 0 radical (unpaired) electrons. The molecule has 7 aromatic rings. The molecule has 50 heavy (non-hydrogen) atoms. The molecular formula is C47H35N3. The maximum atomic E-state index is 8.98. The number of aliphatic imine (C=N–C) groups is 1. The molecule has 0 bridgehead atoms. The minimum Gasteiger partial charge on any atom is -0.300 e. The number of allylic oxidation sites excluding steroid dienone is 2. The third-order valence-electron chi connectivity index (χ3n) is 8.66. The van der Waals surface area contributed by atoms with Gasteiger partial charge in [0.25, 0.3) is 0 Å². The number of fused-ring (bicyclic) bond motifs is 1. The van der Waals surface area contributed by atoms with Gasteiger partial charge in [-0.2, -0.15) is 0 Å². The van der Waals surface area contributed by atoms with E-state index in [4.69, 9.17) is 15.8 Å². The van der Waals surface area contributed by atoms with E-state index in [2.05, 4.69) is 60.7 Å². The summed E-state index contributed by atoms with van der Waals surface area (Å²) in [6.07, 6.45) is 5.65. The standard InChI is InChI=1S/C47H35N3/c48-45(38-18-9-3-10-19-38)31-44(36-16-7-2-8-17-36)42-23-13-22-37-26-29-41(30-43(37)42)35-24-27-39(28-25-35)46(49)32-47(40-20-11-4-12-21-40)50-33-34-14-5-1-6-15-34/h1-33,48-49H/b44-31-,47-32-,48-45?,49-46?,50-33?. The van der Waals surface area contributed by atoms with Crippen LogP contribution in [0.25, 0.3) is 33.2 Å². The molecule has 2 N–H and O–H groups in total. The first kappa shape index (κ1) is 31.9. The van der Waals surface area contributed by atoms with Crippen LogP contribution < -0.4 is 0 Å². The zero-order chi connectivity index (χ0) is 34.1. The fourth-order valence-corrected chi connectivity index (χ4v) is 6.02. The van der Waals surface area contributed by atoms with Crippen LogP contribution >= 0.6 is 0 Å². The first-order valence-corrected chi connectivity index (χ1v) is 16.6. The van der Waals surface area contributed by atoms with Crippen LogP contribution in [0.4, 0.5) is 0 Å². The second-order valence-electron chi connectivity index (χ2n) is 12.0. The lowest BCUT2D eigenvalue weighted by Gasteiger charge is -2.14. The zero-order valence-corrected chi connectivity index (χ0v) is 27.5. The predicted molar refractivity (Wildman–Crippen MR) is 211 cm³/mol. The Kier molecular flexibility index (Phi) is 9.57. The minimum absolute atomic E-state index is 0.389. The van der Waals surface area contributed by atoms with Crippen molar-refractivity contribution in [3.8, 4) is 11.1 Å². The molecule has 0 aliphatic heterocycles. The van der Waals surface area contributed by atoms with Gasteiger partial charge < -0.3 is 10.8 Å². The Morgan fingerprint density at radius 3 is 1.64 bits per heavy atom. The number of hydrogen-bond donors (Lipinski definition) is 2. The van der Waals surface area contributed by atoms with Gasteiger partial charge in [0.2, 0.25) is 0 Å². The van der Waals surface area contributed by atoms with Crippen LogP contribution in [0.15, 0.2) is 199 Å². The van der Waals surface area contributed by atoms with Crippen molar-refractivity contribution >= 4 is 39.7 Å². The molecule has 0 aliphatic carbocycles. The monoisotopic (exact) mass is 641 g/mol. The van der Waals surface area contributed by atoms with Crippen molar-refractivity contribution in [2.45, 2.75) is 0 Å². The van der Waals surface area contributed by atoms with E-state index in [1.807, 2.05) is 140 Å². The van der Waals surface area contributed by atoms with Gasteiger partial charge >= 0.3 is 0 Å². The molecule has 0 spiro atoms. The quantitative estimate of drug-likeness (QED) is 0.140. The van der Waals surface area contributed by atoms with E-state index in [1.54, 1.807) is 0 Å².